The van der Waals surface area contributed by atoms with Gasteiger partial charge >= 0.3 is 0 Å². The average Bonchev–Trinajstić information content (AvgIpc) is 2.86. The third-order valence-electron chi connectivity index (χ3n) is 6.45. The lowest BCUT2D eigenvalue weighted by Crippen LogP contribution is -2.41. The molecule has 2 aromatic carbocycles. The van der Waals surface area contributed by atoms with Crippen molar-refractivity contribution in [3.05, 3.63) is 65.1 Å². The number of nitrogens with one attached hydrogen (secondary N) is 1. The van der Waals surface area contributed by atoms with E-state index in [1.165, 1.54) is 30.1 Å². The van der Waals surface area contributed by atoms with E-state index in [4.69, 9.17) is 16.3 Å². The number of fused-ring (bicyclic) bond motifs is 1. The molecule has 35 heavy (non-hydrogen) atoms. The maximum Gasteiger partial charge on any atom is 0.268 e. The minimum atomic E-state index is -0.609. The highest BCUT2D eigenvalue weighted by molar-refractivity contribution is 6.34. The summed E-state index contributed by atoms with van der Waals surface area (Å²) in [5.74, 6) is -0.653. The van der Waals surface area contributed by atoms with Crippen molar-refractivity contribution < 1.29 is 13.9 Å². The van der Waals surface area contributed by atoms with Crippen LogP contribution in [-0.4, -0.2) is 60.7 Å². The molecule has 1 fully saturated rings. The zero-order valence-corrected chi connectivity index (χ0v) is 20.3. The molecule has 1 saturated heterocycles. The summed E-state index contributed by atoms with van der Waals surface area (Å²) in [6.45, 7) is 1.86. The molecule has 182 valence electrons. The molecule has 2 aliphatic heterocycles. The van der Waals surface area contributed by atoms with Gasteiger partial charge in [-0.05, 0) is 63.3 Å². The number of aromatic nitrogens is 2. The van der Waals surface area contributed by atoms with E-state index in [0.29, 0.717) is 12.0 Å². The zero-order valence-electron chi connectivity index (χ0n) is 19.5. The number of anilines is 4. The first kappa shape index (κ1) is 23.3. The summed E-state index contributed by atoms with van der Waals surface area (Å²) in [5, 5.41) is 3.27. The molecule has 10 heteroatoms. The monoisotopic (exact) mass is 496 g/mol. The highest BCUT2D eigenvalue weighted by Crippen LogP contribution is 2.34. The largest absolute Gasteiger partial charge is 0.455 e. The van der Waals surface area contributed by atoms with Crippen LogP contribution in [0.15, 0.2) is 48.7 Å². The van der Waals surface area contributed by atoms with Crippen molar-refractivity contribution in [3.8, 4) is 5.88 Å². The van der Waals surface area contributed by atoms with Crippen LogP contribution in [0.3, 0.4) is 0 Å². The van der Waals surface area contributed by atoms with Gasteiger partial charge in [0.25, 0.3) is 5.91 Å². The van der Waals surface area contributed by atoms with Crippen LogP contribution in [0.25, 0.3) is 0 Å². The van der Waals surface area contributed by atoms with E-state index in [1.807, 2.05) is 12.1 Å². The molecule has 0 unspecified atom stereocenters. The number of benzene rings is 2. The standard InChI is InChI=1S/C25H26ClFN6O2/c1-31(2)17-10-12-32(13-11-17)18-8-6-16(7-9-18)29-25-28-14-19-23(30-25)35-15-33(24(19)34)22-20(26)4-3-5-21(22)27/h3-9,14,17H,10-13,15H2,1-2H3,(H,28,29,30). The first-order valence-electron chi connectivity index (χ1n) is 11.4. The van der Waals surface area contributed by atoms with Gasteiger partial charge in [-0.1, -0.05) is 17.7 Å². The van der Waals surface area contributed by atoms with E-state index < -0.39 is 11.7 Å². The average molecular weight is 497 g/mol. The van der Waals surface area contributed by atoms with E-state index in [1.54, 1.807) is 0 Å². The maximum absolute atomic E-state index is 14.3. The fourth-order valence-corrected chi connectivity index (χ4v) is 4.72. The van der Waals surface area contributed by atoms with Crippen LogP contribution in [0, 0.1) is 5.82 Å². The topological polar surface area (TPSA) is 73.8 Å². The van der Waals surface area contributed by atoms with Gasteiger partial charge in [0.1, 0.15) is 17.1 Å². The summed E-state index contributed by atoms with van der Waals surface area (Å²) in [4.78, 5) is 27.4. The second-order valence-corrected chi connectivity index (χ2v) is 9.25. The number of carbonyl (C=O) groups excluding carboxylic acids is 1. The Morgan fingerprint density at radius 2 is 1.89 bits per heavy atom. The van der Waals surface area contributed by atoms with E-state index in [-0.39, 0.29) is 28.9 Å². The number of rotatable bonds is 5. The smallest absolute Gasteiger partial charge is 0.268 e. The van der Waals surface area contributed by atoms with Crippen LogP contribution in [0.5, 0.6) is 5.88 Å². The van der Waals surface area contributed by atoms with Crippen LogP contribution in [0.4, 0.5) is 27.4 Å². The number of halogens is 2. The molecule has 0 saturated carbocycles. The molecule has 0 spiro atoms. The SMILES string of the molecule is CN(C)C1CCN(c2ccc(Nc3ncc4c(n3)OCN(c3c(F)cccc3Cl)C4=O)cc2)CC1. The molecule has 8 nitrogen and oxygen atoms in total. The summed E-state index contributed by atoms with van der Waals surface area (Å²) in [5.41, 5.74) is 2.11. The van der Waals surface area contributed by atoms with Crippen molar-refractivity contribution in [1.29, 1.82) is 0 Å². The number of amides is 1. The summed E-state index contributed by atoms with van der Waals surface area (Å²) in [6.07, 6.45) is 3.67. The molecule has 0 atom stereocenters. The Kier molecular flexibility index (Phi) is 6.44. The van der Waals surface area contributed by atoms with Crippen molar-refractivity contribution >= 4 is 40.5 Å². The fourth-order valence-electron chi connectivity index (χ4n) is 4.45. The molecule has 1 amide bonds. The Labute approximate surface area is 208 Å². The zero-order chi connectivity index (χ0) is 24.5. The van der Waals surface area contributed by atoms with Gasteiger partial charge in [-0.3, -0.25) is 9.69 Å². The minimum absolute atomic E-state index is 0.0296. The molecule has 2 aliphatic rings. The molecule has 0 radical (unpaired) electrons. The molecular formula is C25H26ClFN6O2. The lowest BCUT2D eigenvalue weighted by molar-refractivity contribution is 0.0931. The number of ether oxygens (including phenoxy) is 1. The van der Waals surface area contributed by atoms with Gasteiger partial charge in [0.15, 0.2) is 6.73 Å². The summed E-state index contributed by atoms with van der Waals surface area (Å²) in [6, 6.07) is 13.0. The van der Waals surface area contributed by atoms with E-state index in [2.05, 4.69) is 51.3 Å². The van der Waals surface area contributed by atoms with Crippen LogP contribution in [0.1, 0.15) is 23.2 Å². The molecular weight excluding hydrogens is 471 g/mol. The lowest BCUT2D eigenvalue weighted by atomic mass is 10.0. The van der Waals surface area contributed by atoms with Gasteiger partial charge in [-0.25, -0.2) is 9.37 Å². The first-order valence-corrected chi connectivity index (χ1v) is 11.8. The van der Waals surface area contributed by atoms with E-state index in [0.717, 1.165) is 36.5 Å². The fraction of sp³-hybridized carbons (Fsp3) is 0.320. The minimum Gasteiger partial charge on any atom is -0.455 e. The van der Waals surface area contributed by atoms with Gasteiger partial charge in [0, 0.05) is 36.7 Å². The Morgan fingerprint density at radius 1 is 1.14 bits per heavy atom. The number of hydrogen-bond acceptors (Lipinski definition) is 7. The quantitative estimate of drug-likeness (QED) is 0.556. The van der Waals surface area contributed by atoms with Crippen LogP contribution in [0.2, 0.25) is 5.02 Å². The lowest BCUT2D eigenvalue weighted by Gasteiger charge is -2.36. The van der Waals surface area contributed by atoms with Crippen molar-refractivity contribution in [2.45, 2.75) is 18.9 Å². The molecule has 0 aliphatic carbocycles. The van der Waals surface area contributed by atoms with Gasteiger partial charge < -0.3 is 19.9 Å². The number of piperidine rings is 1. The third-order valence-corrected chi connectivity index (χ3v) is 6.76. The van der Waals surface area contributed by atoms with Gasteiger partial charge in [-0.2, -0.15) is 4.98 Å². The molecule has 5 rings (SSSR count). The highest BCUT2D eigenvalue weighted by atomic mass is 35.5. The van der Waals surface area contributed by atoms with Gasteiger partial charge in [-0.15, -0.1) is 0 Å². The highest BCUT2D eigenvalue weighted by Gasteiger charge is 2.31. The second kappa shape index (κ2) is 9.67. The maximum atomic E-state index is 14.3. The summed E-state index contributed by atoms with van der Waals surface area (Å²) in [7, 11) is 4.28. The molecule has 0 bridgehead atoms. The number of carbonyl (C=O) groups is 1. The van der Waals surface area contributed by atoms with Crippen LogP contribution < -0.4 is 19.9 Å². The number of hydrogen-bond donors (Lipinski definition) is 1. The van der Waals surface area contributed by atoms with Crippen molar-refractivity contribution in [2.75, 3.05) is 49.0 Å². The molecule has 3 aromatic rings. The Balaban J connectivity index is 1.26. The summed E-state index contributed by atoms with van der Waals surface area (Å²) >= 11 is 6.11. The van der Waals surface area contributed by atoms with Crippen molar-refractivity contribution in [3.63, 3.8) is 0 Å². The molecule has 1 N–H and O–H groups in total. The molecule has 1 aromatic heterocycles. The Bertz CT molecular complexity index is 1210. The second-order valence-electron chi connectivity index (χ2n) is 8.84. The first-order chi connectivity index (χ1) is 16.9. The number of nitrogens with zero attached hydrogens (tertiary/aromatic N) is 5. The summed E-state index contributed by atoms with van der Waals surface area (Å²) < 4.78 is 20.0. The van der Waals surface area contributed by atoms with E-state index >= 15 is 0 Å². The third kappa shape index (κ3) is 4.74. The van der Waals surface area contributed by atoms with Crippen LogP contribution in [-0.2, 0) is 0 Å². The Hall–Kier alpha value is -3.43. The van der Waals surface area contributed by atoms with Gasteiger partial charge in [0.05, 0.1) is 5.02 Å². The molecule has 3 heterocycles. The Morgan fingerprint density at radius 3 is 2.57 bits per heavy atom. The van der Waals surface area contributed by atoms with E-state index in [9.17, 15) is 9.18 Å². The van der Waals surface area contributed by atoms with Crippen molar-refractivity contribution in [2.24, 2.45) is 0 Å². The predicted octanol–water partition coefficient (Wildman–Crippen LogP) is 4.54. The number of para-hydroxylation sites is 1. The predicted molar refractivity (Wildman–Crippen MR) is 134 cm³/mol. The van der Waals surface area contributed by atoms with Crippen molar-refractivity contribution in [1.82, 2.24) is 14.9 Å². The van der Waals surface area contributed by atoms with Crippen LogP contribution >= 0.6 is 11.6 Å². The normalized spacial score (nSPS) is 16.3. The van der Waals surface area contributed by atoms with Gasteiger partial charge in [0.2, 0.25) is 11.8 Å².